The third-order valence-electron chi connectivity index (χ3n) is 4.70. The summed E-state index contributed by atoms with van der Waals surface area (Å²) < 4.78 is 5.66. The van der Waals surface area contributed by atoms with Gasteiger partial charge in [-0.05, 0) is 46.2 Å². The number of anilines is 1. The molecule has 0 atom stereocenters. The summed E-state index contributed by atoms with van der Waals surface area (Å²) in [4.78, 5) is 12.6. The van der Waals surface area contributed by atoms with Gasteiger partial charge in [0.15, 0.2) is 0 Å². The van der Waals surface area contributed by atoms with Crippen molar-refractivity contribution >= 4 is 23.4 Å². The smallest absolute Gasteiger partial charge is 0.277 e. The Morgan fingerprint density at radius 1 is 0.933 bits per heavy atom. The van der Waals surface area contributed by atoms with E-state index >= 15 is 0 Å². The number of amides is 1. The highest BCUT2D eigenvalue weighted by Crippen LogP contribution is 2.32. The molecule has 1 aromatic heterocycles. The van der Waals surface area contributed by atoms with Crippen LogP contribution >= 0.6 is 11.8 Å². The van der Waals surface area contributed by atoms with Gasteiger partial charge in [-0.2, -0.15) is 0 Å². The molecule has 1 heterocycles. The van der Waals surface area contributed by atoms with E-state index in [0.29, 0.717) is 11.1 Å². The van der Waals surface area contributed by atoms with Crippen LogP contribution in [0.3, 0.4) is 0 Å². The zero-order valence-corrected chi connectivity index (χ0v) is 19.3. The number of hydrogen-bond donors (Lipinski definition) is 1. The van der Waals surface area contributed by atoms with Gasteiger partial charge in [-0.15, -0.1) is 10.2 Å². The molecule has 30 heavy (non-hydrogen) atoms. The SMILES string of the molecule is CC(C)(C)c1cc(NC(=O)CSc2nnc(-c3ccccc3)o2)cc(C(C)(C)C)c1. The summed E-state index contributed by atoms with van der Waals surface area (Å²) in [7, 11) is 0. The van der Waals surface area contributed by atoms with Crippen molar-refractivity contribution in [2.75, 3.05) is 11.1 Å². The minimum absolute atomic E-state index is 0.00686. The van der Waals surface area contributed by atoms with Crippen LogP contribution in [0.25, 0.3) is 11.5 Å². The summed E-state index contributed by atoms with van der Waals surface area (Å²) in [6.45, 7) is 13.1. The van der Waals surface area contributed by atoms with Crippen LogP contribution in [0.4, 0.5) is 5.69 Å². The lowest BCUT2D eigenvalue weighted by Gasteiger charge is -2.26. The number of carbonyl (C=O) groups is 1. The average molecular weight is 424 g/mol. The molecule has 0 unspecified atom stereocenters. The largest absolute Gasteiger partial charge is 0.411 e. The van der Waals surface area contributed by atoms with Crippen LogP contribution in [0.1, 0.15) is 52.7 Å². The number of hydrogen-bond acceptors (Lipinski definition) is 5. The fourth-order valence-electron chi connectivity index (χ4n) is 2.86. The van der Waals surface area contributed by atoms with E-state index in [1.54, 1.807) is 0 Å². The Morgan fingerprint density at radius 2 is 1.53 bits per heavy atom. The Kier molecular flexibility index (Phi) is 6.36. The van der Waals surface area contributed by atoms with Crippen molar-refractivity contribution in [2.45, 2.75) is 57.6 Å². The summed E-state index contributed by atoms with van der Waals surface area (Å²) >= 11 is 1.23. The van der Waals surface area contributed by atoms with E-state index < -0.39 is 0 Å². The number of nitrogens with one attached hydrogen (secondary N) is 1. The van der Waals surface area contributed by atoms with E-state index in [9.17, 15) is 4.79 Å². The van der Waals surface area contributed by atoms with Crippen molar-refractivity contribution in [1.82, 2.24) is 10.2 Å². The second-order valence-electron chi connectivity index (χ2n) is 9.38. The molecule has 0 aliphatic carbocycles. The van der Waals surface area contributed by atoms with Gasteiger partial charge in [0.05, 0.1) is 5.75 Å². The van der Waals surface area contributed by atoms with Gasteiger partial charge in [0.1, 0.15) is 0 Å². The summed E-state index contributed by atoms with van der Waals surface area (Å²) in [6, 6.07) is 15.9. The van der Waals surface area contributed by atoms with E-state index in [0.717, 1.165) is 11.3 Å². The van der Waals surface area contributed by atoms with Crippen molar-refractivity contribution in [3.05, 3.63) is 59.7 Å². The molecule has 1 amide bonds. The average Bonchev–Trinajstić information content (AvgIpc) is 3.14. The molecule has 1 N–H and O–H groups in total. The predicted octanol–water partition coefficient (Wildman–Crippen LogP) is 6.06. The maximum atomic E-state index is 12.6. The van der Waals surface area contributed by atoms with Gasteiger partial charge in [-0.25, -0.2) is 0 Å². The third kappa shape index (κ3) is 5.72. The lowest BCUT2D eigenvalue weighted by molar-refractivity contribution is -0.113. The zero-order chi connectivity index (χ0) is 21.9. The molecule has 0 radical (unpaired) electrons. The zero-order valence-electron chi connectivity index (χ0n) is 18.4. The van der Waals surface area contributed by atoms with Gasteiger partial charge in [0.25, 0.3) is 5.22 Å². The number of carbonyl (C=O) groups excluding carboxylic acids is 1. The molecule has 0 aliphatic rings. The van der Waals surface area contributed by atoms with E-state index in [2.05, 4.69) is 75.3 Å². The normalized spacial score (nSPS) is 12.1. The topological polar surface area (TPSA) is 68.0 Å². The summed E-state index contributed by atoms with van der Waals surface area (Å²) in [5.74, 6) is 0.540. The van der Waals surface area contributed by atoms with Crippen molar-refractivity contribution in [1.29, 1.82) is 0 Å². The minimum Gasteiger partial charge on any atom is -0.411 e. The Bertz CT molecular complexity index is 983. The molecule has 0 fully saturated rings. The quantitative estimate of drug-likeness (QED) is 0.505. The highest BCUT2D eigenvalue weighted by atomic mass is 32.2. The molecule has 0 spiro atoms. The predicted molar refractivity (Wildman–Crippen MR) is 123 cm³/mol. The highest BCUT2D eigenvalue weighted by Gasteiger charge is 2.21. The molecule has 0 saturated heterocycles. The molecule has 0 saturated carbocycles. The number of benzene rings is 2. The van der Waals surface area contributed by atoms with Gasteiger partial charge >= 0.3 is 0 Å². The fraction of sp³-hybridized carbons (Fsp3) is 0.375. The van der Waals surface area contributed by atoms with Gasteiger partial charge < -0.3 is 9.73 Å². The van der Waals surface area contributed by atoms with Crippen molar-refractivity contribution in [2.24, 2.45) is 0 Å². The summed E-state index contributed by atoms with van der Waals surface area (Å²) in [5, 5.41) is 11.5. The second kappa shape index (κ2) is 8.64. The molecule has 2 aromatic carbocycles. The molecule has 0 aliphatic heterocycles. The van der Waals surface area contributed by atoms with Crippen molar-refractivity contribution < 1.29 is 9.21 Å². The molecule has 6 heteroatoms. The van der Waals surface area contributed by atoms with E-state index in [-0.39, 0.29) is 22.5 Å². The van der Waals surface area contributed by atoms with E-state index in [1.165, 1.54) is 22.9 Å². The van der Waals surface area contributed by atoms with Crippen LogP contribution in [-0.2, 0) is 15.6 Å². The Balaban J connectivity index is 1.68. The Morgan fingerprint density at radius 3 is 2.10 bits per heavy atom. The van der Waals surface area contributed by atoms with E-state index in [1.807, 2.05) is 30.3 Å². The standard InChI is InChI=1S/C24H29N3O2S/c1-23(2,3)17-12-18(24(4,5)6)14-19(13-17)25-20(28)15-30-22-27-26-21(29-22)16-10-8-7-9-11-16/h7-14H,15H2,1-6H3,(H,25,28). The molecule has 3 rings (SSSR count). The van der Waals surface area contributed by atoms with Gasteiger partial charge in [0, 0.05) is 11.3 Å². The van der Waals surface area contributed by atoms with Gasteiger partial charge in [-0.1, -0.05) is 77.6 Å². The van der Waals surface area contributed by atoms with E-state index in [4.69, 9.17) is 4.42 Å². The molecule has 158 valence electrons. The van der Waals surface area contributed by atoms with Gasteiger partial charge in [-0.3, -0.25) is 4.79 Å². The van der Waals surface area contributed by atoms with Crippen molar-refractivity contribution in [3.8, 4) is 11.5 Å². The first kappa shape index (κ1) is 22.1. The first-order chi connectivity index (χ1) is 14.0. The Labute approximate surface area is 182 Å². The molecular weight excluding hydrogens is 394 g/mol. The first-order valence-corrected chi connectivity index (χ1v) is 11.0. The summed E-state index contributed by atoms with van der Waals surface area (Å²) in [5.41, 5.74) is 4.05. The molecule has 5 nitrogen and oxygen atoms in total. The van der Waals surface area contributed by atoms with Crippen LogP contribution in [0.2, 0.25) is 0 Å². The fourth-order valence-corrected chi connectivity index (χ4v) is 3.42. The lowest BCUT2D eigenvalue weighted by Crippen LogP contribution is -2.19. The van der Waals surface area contributed by atoms with Crippen LogP contribution in [0.15, 0.2) is 58.2 Å². The van der Waals surface area contributed by atoms with Crippen LogP contribution < -0.4 is 5.32 Å². The number of thioether (sulfide) groups is 1. The lowest BCUT2D eigenvalue weighted by atomic mass is 9.80. The maximum Gasteiger partial charge on any atom is 0.277 e. The highest BCUT2D eigenvalue weighted by molar-refractivity contribution is 7.99. The second-order valence-corrected chi connectivity index (χ2v) is 10.3. The van der Waals surface area contributed by atoms with Crippen LogP contribution in [-0.4, -0.2) is 21.9 Å². The van der Waals surface area contributed by atoms with Crippen LogP contribution in [0, 0.1) is 0 Å². The molecule has 3 aromatic rings. The third-order valence-corrected chi connectivity index (χ3v) is 5.52. The number of nitrogens with zero attached hydrogens (tertiary/aromatic N) is 2. The monoisotopic (exact) mass is 423 g/mol. The first-order valence-electron chi connectivity index (χ1n) is 10.00. The number of aromatic nitrogens is 2. The summed E-state index contributed by atoms with van der Waals surface area (Å²) in [6.07, 6.45) is 0. The minimum atomic E-state index is -0.106. The molecular formula is C24H29N3O2S. The van der Waals surface area contributed by atoms with Crippen LogP contribution in [0.5, 0.6) is 0 Å². The number of rotatable bonds is 5. The van der Waals surface area contributed by atoms with Crippen molar-refractivity contribution in [3.63, 3.8) is 0 Å². The Hall–Kier alpha value is -2.60. The maximum absolute atomic E-state index is 12.6. The molecule has 0 bridgehead atoms. The van der Waals surface area contributed by atoms with Gasteiger partial charge in [0.2, 0.25) is 11.8 Å².